The van der Waals surface area contributed by atoms with Gasteiger partial charge < -0.3 is 10.2 Å². The number of carbonyl (C=O) groups is 1. The lowest BCUT2D eigenvalue weighted by Gasteiger charge is -2.36. The molecule has 4 rings (SSSR count). The standard InChI is InChI=1S/C26H33N5O3S/c1-5-30-18-23(25(32)27-21(4)22-11-7-6-8-12-22)26(28-30)35(33,34)31-16-14-29(15-17-31)24-13-9-10-19(2)20(24)3/h6-13,18,21H,5,14-17H2,1-4H3,(H,27,32). The van der Waals surface area contributed by atoms with Crippen LogP contribution in [0.5, 0.6) is 0 Å². The topological polar surface area (TPSA) is 87.5 Å². The number of amides is 1. The van der Waals surface area contributed by atoms with Crippen molar-refractivity contribution >= 4 is 21.6 Å². The van der Waals surface area contributed by atoms with E-state index >= 15 is 0 Å². The Morgan fingerprint density at radius 2 is 1.71 bits per heavy atom. The minimum Gasteiger partial charge on any atom is -0.369 e. The predicted molar refractivity (Wildman–Crippen MR) is 137 cm³/mol. The molecular weight excluding hydrogens is 462 g/mol. The van der Waals surface area contributed by atoms with Crippen molar-refractivity contribution in [1.82, 2.24) is 19.4 Å². The highest BCUT2D eigenvalue weighted by molar-refractivity contribution is 7.89. The van der Waals surface area contributed by atoms with Gasteiger partial charge in [0.2, 0.25) is 5.03 Å². The van der Waals surface area contributed by atoms with Crippen molar-refractivity contribution in [1.29, 1.82) is 0 Å². The van der Waals surface area contributed by atoms with Crippen LogP contribution in [0.3, 0.4) is 0 Å². The van der Waals surface area contributed by atoms with Crippen molar-refractivity contribution in [3.05, 3.63) is 77.0 Å². The van der Waals surface area contributed by atoms with Crippen molar-refractivity contribution in [2.24, 2.45) is 0 Å². The zero-order chi connectivity index (χ0) is 25.2. The Hall–Kier alpha value is -3.17. The Labute approximate surface area is 207 Å². The molecule has 1 saturated heterocycles. The van der Waals surface area contributed by atoms with Crippen LogP contribution in [-0.4, -0.2) is 54.6 Å². The monoisotopic (exact) mass is 495 g/mol. The SMILES string of the molecule is CCn1cc(C(=O)NC(C)c2ccccc2)c(S(=O)(=O)N2CCN(c3cccc(C)c3C)CC2)n1. The van der Waals surface area contributed by atoms with Gasteiger partial charge >= 0.3 is 0 Å². The number of anilines is 1. The van der Waals surface area contributed by atoms with E-state index in [4.69, 9.17) is 0 Å². The molecule has 2 aromatic carbocycles. The molecule has 8 nitrogen and oxygen atoms in total. The van der Waals surface area contributed by atoms with Gasteiger partial charge in [-0.25, -0.2) is 8.42 Å². The number of nitrogens with zero attached hydrogens (tertiary/aromatic N) is 4. The van der Waals surface area contributed by atoms with E-state index in [-0.39, 0.29) is 16.6 Å². The van der Waals surface area contributed by atoms with Crippen molar-refractivity contribution in [3.63, 3.8) is 0 Å². The Balaban J connectivity index is 1.54. The minimum absolute atomic E-state index is 0.0755. The van der Waals surface area contributed by atoms with Gasteiger partial charge in [0.25, 0.3) is 15.9 Å². The average molecular weight is 496 g/mol. The first-order chi connectivity index (χ1) is 16.7. The maximum absolute atomic E-state index is 13.6. The van der Waals surface area contributed by atoms with E-state index in [1.807, 2.05) is 50.2 Å². The summed E-state index contributed by atoms with van der Waals surface area (Å²) in [4.78, 5) is 15.4. The first-order valence-electron chi connectivity index (χ1n) is 12.0. The van der Waals surface area contributed by atoms with E-state index < -0.39 is 15.9 Å². The van der Waals surface area contributed by atoms with E-state index in [1.54, 1.807) is 0 Å². The molecule has 1 amide bonds. The summed E-state index contributed by atoms with van der Waals surface area (Å²) in [5.74, 6) is -0.450. The number of carbonyl (C=O) groups excluding carboxylic acids is 1. The number of benzene rings is 2. The highest BCUT2D eigenvalue weighted by atomic mass is 32.2. The Kier molecular flexibility index (Phi) is 7.28. The third-order valence-corrected chi connectivity index (χ3v) is 8.52. The number of sulfonamides is 1. The second kappa shape index (κ2) is 10.2. The molecule has 1 fully saturated rings. The normalized spacial score (nSPS) is 15.7. The predicted octanol–water partition coefficient (Wildman–Crippen LogP) is 3.52. The quantitative estimate of drug-likeness (QED) is 0.542. The summed E-state index contributed by atoms with van der Waals surface area (Å²) in [5.41, 5.74) is 4.56. The van der Waals surface area contributed by atoms with Gasteiger partial charge in [0, 0.05) is 44.6 Å². The van der Waals surface area contributed by atoms with E-state index in [0.717, 1.165) is 11.3 Å². The molecule has 1 atom stereocenters. The summed E-state index contributed by atoms with van der Waals surface area (Å²) in [7, 11) is -3.94. The van der Waals surface area contributed by atoms with E-state index in [0.29, 0.717) is 32.7 Å². The van der Waals surface area contributed by atoms with E-state index in [2.05, 4.69) is 41.3 Å². The minimum atomic E-state index is -3.94. The van der Waals surface area contributed by atoms with Crippen LogP contribution in [0.25, 0.3) is 0 Å². The number of aryl methyl sites for hydroxylation is 2. The molecule has 9 heteroatoms. The molecule has 1 aliphatic rings. The number of aromatic nitrogens is 2. The second-order valence-corrected chi connectivity index (χ2v) is 10.8. The summed E-state index contributed by atoms with van der Waals surface area (Å²) >= 11 is 0. The molecule has 0 saturated carbocycles. The maximum Gasteiger partial charge on any atom is 0.263 e. The molecule has 1 aliphatic heterocycles. The van der Waals surface area contributed by atoms with Gasteiger partial charge in [0.1, 0.15) is 0 Å². The smallest absolute Gasteiger partial charge is 0.263 e. The van der Waals surface area contributed by atoms with Gasteiger partial charge in [-0.2, -0.15) is 9.40 Å². The van der Waals surface area contributed by atoms with Crippen LogP contribution >= 0.6 is 0 Å². The molecule has 3 aromatic rings. The van der Waals surface area contributed by atoms with Crippen LogP contribution in [0.2, 0.25) is 0 Å². The number of hydrogen-bond acceptors (Lipinski definition) is 5. The largest absolute Gasteiger partial charge is 0.369 e. The van der Waals surface area contributed by atoms with Crippen molar-refractivity contribution in [3.8, 4) is 0 Å². The first kappa shape index (κ1) is 24.9. The highest BCUT2D eigenvalue weighted by Crippen LogP contribution is 2.26. The fraction of sp³-hybridized carbons (Fsp3) is 0.385. The molecule has 1 unspecified atom stereocenters. The Morgan fingerprint density at radius 3 is 2.37 bits per heavy atom. The van der Waals surface area contributed by atoms with Gasteiger partial charge in [0.05, 0.1) is 11.6 Å². The zero-order valence-corrected chi connectivity index (χ0v) is 21.5. The second-order valence-electron chi connectivity index (χ2n) is 8.92. The van der Waals surface area contributed by atoms with E-state index in [1.165, 1.54) is 26.3 Å². The molecule has 1 aromatic heterocycles. The lowest BCUT2D eigenvalue weighted by molar-refractivity contribution is 0.0936. The van der Waals surface area contributed by atoms with Crippen molar-refractivity contribution in [2.75, 3.05) is 31.1 Å². The average Bonchev–Trinajstić information content (AvgIpc) is 3.32. The molecular formula is C26H33N5O3S. The fourth-order valence-electron chi connectivity index (χ4n) is 4.38. The van der Waals surface area contributed by atoms with Crippen molar-refractivity contribution < 1.29 is 13.2 Å². The Bertz CT molecular complexity index is 1300. The number of nitrogens with one attached hydrogen (secondary N) is 1. The third kappa shape index (κ3) is 5.11. The number of hydrogen-bond donors (Lipinski definition) is 1. The molecule has 2 heterocycles. The molecule has 186 valence electrons. The number of piperazine rings is 1. The molecule has 0 bridgehead atoms. The van der Waals surface area contributed by atoms with Gasteiger partial charge in [-0.1, -0.05) is 42.5 Å². The molecule has 35 heavy (non-hydrogen) atoms. The van der Waals surface area contributed by atoms with Crippen LogP contribution < -0.4 is 10.2 Å². The highest BCUT2D eigenvalue weighted by Gasteiger charge is 2.35. The maximum atomic E-state index is 13.6. The molecule has 0 spiro atoms. The summed E-state index contributed by atoms with van der Waals surface area (Å²) < 4.78 is 30.2. The molecule has 1 N–H and O–H groups in total. The number of rotatable bonds is 7. The van der Waals surface area contributed by atoms with E-state index in [9.17, 15) is 13.2 Å². The first-order valence-corrected chi connectivity index (χ1v) is 13.4. The summed E-state index contributed by atoms with van der Waals surface area (Å²) in [6.45, 7) is 10.2. The van der Waals surface area contributed by atoms with Gasteiger partial charge in [0.15, 0.2) is 0 Å². The van der Waals surface area contributed by atoms with Crippen LogP contribution in [-0.2, 0) is 16.6 Å². The van der Waals surface area contributed by atoms with Crippen LogP contribution in [0.1, 0.15) is 46.9 Å². The van der Waals surface area contributed by atoms with Crippen LogP contribution in [0, 0.1) is 13.8 Å². The van der Waals surface area contributed by atoms with Gasteiger partial charge in [-0.3, -0.25) is 9.48 Å². The molecule has 0 radical (unpaired) electrons. The third-order valence-electron chi connectivity index (χ3n) is 6.68. The van der Waals surface area contributed by atoms with Crippen molar-refractivity contribution in [2.45, 2.75) is 45.3 Å². The van der Waals surface area contributed by atoms with Gasteiger partial charge in [-0.05, 0) is 50.5 Å². The summed E-state index contributed by atoms with van der Waals surface area (Å²) in [6, 6.07) is 15.5. The Morgan fingerprint density at radius 1 is 1.03 bits per heavy atom. The van der Waals surface area contributed by atoms with Crippen LogP contribution in [0.15, 0.2) is 59.8 Å². The molecule has 0 aliphatic carbocycles. The lowest BCUT2D eigenvalue weighted by Crippen LogP contribution is -2.49. The van der Waals surface area contributed by atoms with Gasteiger partial charge in [-0.15, -0.1) is 0 Å². The zero-order valence-electron chi connectivity index (χ0n) is 20.7. The van der Waals surface area contributed by atoms with Crippen LogP contribution in [0.4, 0.5) is 5.69 Å². The summed E-state index contributed by atoms with van der Waals surface area (Å²) in [6.07, 6.45) is 1.52. The summed E-state index contributed by atoms with van der Waals surface area (Å²) in [5, 5.41) is 7.03. The lowest BCUT2D eigenvalue weighted by atomic mass is 10.1. The fourth-order valence-corrected chi connectivity index (χ4v) is 5.90.